The van der Waals surface area contributed by atoms with E-state index >= 15 is 0 Å². The van der Waals surface area contributed by atoms with Gasteiger partial charge in [-0.25, -0.2) is 4.98 Å². The van der Waals surface area contributed by atoms with E-state index in [0.29, 0.717) is 11.6 Å². The number of ether oxygens (including phenoxy) is 1. The third-order valence-electron chi connectivity index (χ3n) is 3.08. The molecule has 2 heterocycles. The van der Waals surface area contributed by atoms with Crippen LogP contribution in [0.25, 0.3) is 10.9 Å². The first-order valence-corrected chi connectivity index (χ1v) is 6.46. The zero-order chi connectivity index (χ0) is 13.9. The van der Waals surface area contributed by atoms with Gasteiger partial charge in [0, 0.05) is 36.0 Å². The van der Waals surface area contributed by atoms with Crippen molar-refractivity contribution in [1.82, 2.24) is 9.97 Å². The quantitative estimate of drug-likeness (QED) is 0.788. The second-order valence-electron chi connectivity index (χ2n) is 4.68. The van der Waals surface area contributed by atoms with Crippen LogP contribution in [0, 0.1) is 0 Å². The van der Waals surface area contributed by atoms with Crippen molar-refractivity contribution in [3.05, 3.63) is 60.4 Å². The summed E-state index contributed by atoms with van der Waals surface area (Å²) in [4.78, 5) is 8.51. The molecule has 0 saturated carbocycles. The molecule has 0 aliphatic heterocycles. The predicted octanol–water partition coefficient (Wildman–Crippen LogP) is 3.44. The maximum atomic E-state index is 5.86. The van der Waals surface area contributed by atoms with E-state index in [0.717, 1.165) is 16.5 Å². The SMILES string of the molecule is CC(N)c1ccnc(Oc2ccc3cccnc3c2)c1. The molecule has 3 aromatic rings. The van der Waals surface area contributed by atoms with E-state index in [1.807, 2.05) is 49.4 Å². The van der Waals surface area contributed by atoms with Gasteiger partial charge in [-0.05, 0) is 36.8 Å². The van der Waals surface area contributed by atoms with Crippen molar-refractivity contribution in [3.8, 4) is 11.6 Å². The molecule has 0 aliphatic carbocycles. The number of nitrogens with zero attached hydrogens (tertiary/aromatic N) is 2. The monoisotopic (exact) mass is 265 g/mol. The molecule has 0 saturated heterocycles. The Morgan fingerprint density at radius 1 is 1.05 bits per heavy atom. The number of hydrogen-bond donors (Lipinski definition) is 1. The number of pyridine rings is 2. The summed E-state index contributed by atoms with van der Waals surface area (Å²) < 4.78 is 5.77. The zero-order valence-electron chi connectivity index (χ0n) is 11.2. The molecule has 0 spiro atoms. The zero-order valence-corrected chi connectivity index (χ0v) is 11.2. The van der Waals surface area contributed by atoms with Gasteiger partial charge in [0.25, 0.3) is 0 Å². The van der Waals surface area contributed by atoms with Gasteiger partial charge < -0.3 is 10.5 Å². The van der Waals surface area contributed by atoms with Gasteiger partial charge in [0.2, 0.25) is 5.88 Å². The summed E-state index contributed by atoms with van der Waals surface area (Å²) in [5.74, 6) is 1.25. The lowest BCUT2D eigenvalue weighted by atomic mass is 10.1. The number of fused-ring (bicyclic) bond motifs is 1. The molecule has 20 heavy (non-hydrogen) atoms. The average molecular weight is 265 g/mol. The highest BCUT2D eigenvalue weighted by Gasteiger charge is 2.04. The van der Waals surface area contributed by atoms with Gasteiger partial charge in [-0.15, -0.1) is 0 Å². The summed E-state index contributed by atoms with van der Waals surface area (Å²) in [7, 11) is 0. The molecule has 2 N–H and O–H groups in total. The van der Waals surface area contributed by atoms with Crippen LogP contribution in [0.1, 0.15) is 18.5 Å². The minimum Gasteiger partial charge on any atom is -0.439 e. The highest BCUT2D eigenvalue weighted by atomic mass is 16.5. The summed E-state index contributed by atoms with van der Waals surface area (Å²) in [6, 6.07) is 13.4. The second-order valence-corrected chi connectivity index (χ2v) is 4.68. The first kappa shape index (κ1) is 12.6. The van der Waals surface area contributed by atoms with Crippen LogP contribution >= 0.6 is 0 Å². The van der Waals surface area contributed by atoms with Crippen LogP contribution in [0.3, 0.4) is 0 Å². The molecule has 0 amide bonds. The Labute approximate surface area is 117 Å². The van der Waals surface area contributed by atoms with E-state index in [9.17, 15) is 0 Å². The van der Waals surface area contributed by atoms with Gasteiger partial charge in [0.15, 0.2) is 0 Å². The van der Waals surface area contributed by atoms with E-state index in [-0.39, 0.29) is 6.04 Å². The molecular formula is C16H15N3O. The Morgan fingerprint density at radius 2 is 1.95 bits per heavy atom. The van der Waals surface area contributed by atoms with Crippen molar-refractivity contribution in [2.45, 2.75) is 13.0 Å². The average Bonchev–Trinajstić information content (AvgIpc) is 2.47. The molecular weight excluding hydrogens is 250 g/mol. The van der Waals surface area contributed by atoms with Gasteiger partial charge >= 0.3 is 0 Å². The van der Waals surface area contributed by atoms with Crippen LogP contribution in [0.4, 0.5) is 0 Å². The van der Waals surface area contributed by atoms with E-state index in [4.69, 9.17) is 10.5 Å². The standard InChI is InChI=1S/C16H15N3O/c1-11(17)13-6-8-19-16(9-13)20-14-5-4-12-3-2-7-18-15(12)10-14/h2-11H,17H2,1H3. The van der Waals surface area contributed by atoms with Gasteiger partial charge in [-0.2, -0.15) is 0 Å². The van der Waals surface area contributed by atoms with Crippen molar-refractivity contribution in [3.63, 3.8) is 0 Å². The second kappa shape index (κ2) is 5.27. The molecule has 1 atom stereocenters. The maximum absolute atomic E-state index is 5.86. The molecule has 1 aromatic carbocycles. The van der Waals surface area contributed by atoms with Crippen molar-refractivity contribution in [2.75, 3.05) is 0 Å². The Morgan fingerprint density at radius 3 is 2.80 bits per heavy atom. The van der Waals surface area contributed by atoms with E-state index < -0.39 is 0 Å². The largest absolute Gasteiger partial charge is 0.439 e. The minimum absolute atomic E-state index is 0.0429. The maximum Gasteiger partial charge on any atom is 0.219 e. The fourth-order valence-electron chi connectivity index (χ4n) is 1.99. The molecule has 0 fully saturated rings. The number of rotatable bonds is 3. The molecule has 0 radical (unpaired) electrons. The molecule has 4 heteroatoms. The summed E-state index contributed by atoms with van der Waals surface area (Å²) >= 11 is 0. The Balaban J connectivity index is 1.90. The van der Waals surface area contributed by atoms with Gasteiger partial charge in [-0.3, -0.25) is 4.98 Å². The highest BCUT2D eigenvalue weighted by Crippen LogP contribution is 2.24. The minimum atomic E-state index is -0.0429. The third-order valence-corrected chi connectivity index (χ3v) is 3.08. The van der Waals surface area contributed by atoms with Crippen molar-refractivity contribution in [2.24, 2.45) is 5.73 Å². The smallest absolute Gasteiger partial charge is 0.219 e. The summed E-state index contributed by atoms with van der Waals surface area (Å²) in [6.07, 6.45) is 3.47. The van der Waals surface area contributed by atoms with Crippen molar-refractivity contribution >= 4 is 10.9 Å². The van der Waals surface area contributed by atoms with Crippen LogP contribution in [-0.2, 0) is 0 Å². The first-order valence-electron chi connectivity index (χ1n) is 6.46. The number of benzene rings is 1. The number of hydrogen-bond acceptors (Lipinski definition) is 4. The molecule has 3 rings (SSSR count). The first-order chi connectivity index (χ1) is 9.72. The van der Waals surface area contributed by atoms with Gasteiger partial charge in [0.1, 0.15) is 5.75 Å². The molecule has 4 nitrogen and oxygen atoms in total. The molecule has 1 unspecified atom stereocenters. The molecule has 0 bridgehead atoms. The van der Waals surface area contributed by atoms with E-state index in [2.05, 4.69) is 9.97 Å². The Hall–Kier alpha value is -2.46. The molecule has 100 valence electrons. The molecule has 0 aliphatic rings. The van der Waals surface area contributed by atoms with E-state index in [1.165, 1.54) is 0 Å². The van der Waals surface area contributed by atoms with Crippen LogP contribution in [-0.4, -0.2) is 9.97 Å². The van der Waals surface area contributed by atoms with Crippen molar-refractivity contribution in [1.29, 1.82) is 0 Å². The summed E-state index contributed by atoms with van der Waals surface area (Å²) in [5.41, 5.74) is 7.75. The Kier molecular flexibility index (Phi) is 3.31. The lowest BCUT2D eigenvalue weighted by molar-refractivity contribution is 0.462. The summed E-state index contributed by atoms with van der Waals surface area (Å²) in [6.45, 7) is 1.93. The topological polar surface area (TPSA) is 61.0 Å². The van der Waals surface area contributed by atoms with Crippen LogP contribution in [0.5, 0.6) is 11.6 Å². The third kappa shape index (κ3) is 2.60. The van der Waals surface area contributed by atoms with Gasteiger partial charge in [-0.1, -0.05) is 6.07 Å². The van der Waals surface area contributed by atoms with E-state index in [1.54, 1.807) is 12.4 Å². The van der Waals surface area contributed by atoms with Crippen molar-refractivity contribution < 1.29 is 4.74 Å². The highest BCUT2D eigenvalue weighted by molar-refractivity contribution is 5.79. The predicted molar refractivity (Wildman–Crippen MR) is 78.7 cm³/mol. The fourth-order valence-corrected chi connectivity index (χ4v) is 1.99. The lowest BCUT2D eigenvalue weighted by Gasteiger charge is -2.09. The fraction of sp³-hybridized carbons (Fsp3) is 0.125. The lowest BCUT2D eigenvalue weighted by Crippen LogP contribution is -2.05. The van der Waals surface area contributed by atoms with Crippen LogP contribution < -0.4 is 10.5 Å². The summed E-state index contributed by atoms with van der Waals surface area (Å²) in [5, 5.41) is 1.08. The number of aromatic nitrogens is 2. The van der Waals surface area contributed by atoms with Crippen LogP contribution in [0.15, 0.2) is 54.9 Å². The Bertz CT molecular complexity index is 740. The van der Waals surface area contributed by atoms with Gasteiger partial charge in [0.05, 0.1) is 5.52 Å². The number of nitrogens with two attached hydrogens (primary N) is 1. The molecule has 2 aromatic heterocycles. The normalized spacial score (nSPS) is 12.3. The van der Waals surface area contributed by atoms with Crippen LogP contribution in [0.2, 0.25) is 0 Å².